The SMILES string of the molecule is CN(CC(=O)Nc1cc(C(N)=O)cc(C(N)=O)c1)Cc1cc([N+](=O)[O-])ccc1Cl. The molecule has 2 aromatic rings. The van der Waals surface area contributed by atoms with E-state index in [4.69, 9.17) is 23.1 Å². The normalized spacial score (nSPS) is 10.6. The molecule has 0 heterocycles. The van der Waals surface area contributed by atoms with Crippen molar-refractivity contribution in [2.24, 2.45) is 11.5 Å². The molecule has 0 saturated heterocycles. The number of rotatable bonds is 8. The van der Waals surface area contributed by atoms with E-state index in [2.05, 4.69) is 5.32 Å². The third-order valence-electron chi connectivity index (χ3n) is 3.88. The van der Waals surface area contributed by atoms with E-state index in [-0.39, 0.29) is 35.6 Å². The van der Waals surface area contributed by atoms with Crippen molar-refractivity contribution in [3.8, 4) is 0 Å². The van der Waals surface area contributed by atoms with Crippen molar-refractivity contribution in [2.45, 2.75) is 6.54 Å². The number of non-ortho nitro benzene ring substituents is 1. The number of nitro groups is 1. The second-order valence-electron chi connectivity index (χ2n) is 6.28. The summed E-state index contributed by atoms with van der Waals surface area (Å²) in [6.07, 6.45) is 0. The molecular weight excluding hydrogens is 402 g/mol. The van der Waals surface area contributed by atoms with E-state index in [0.717, 1.165) is 0 Å². The Morgan fingerprint density at radius 2 is 1.69 bits per heavy atom. The Balaban J connectivity index is 2.09. The van der Waals surface area contributed by atoms with Gasteiger partial charge in [0.1, 0.15) is 0 Å². The topological polar surface area (TPSA) is 162 Å². The summed E-state index contributed by atoms with van der Waals surface area (Å²) in [4.78, 5) is 47.0. The van der Waals surface area contributed by atoms with Crippen molar-refractivity contribution in [1.29, 1.82) is 0 Å². The minimum atomic E-state index is -0.777. The molecule has 10 nitrogen and oxygen atoms in total. The Bertz CT molecular complexity index is 962. The van der Waals surface area contributed by atoms with Crippen LogP contribution in [0.4, 0.5) is 11.4 Å². The lowest BCUT2D eigenvalue weighted by molar-refractivity contribution is -0.384. The van der Waals surface area contributed by atoms with Gasteiger partial charge in [-0.1, -0.05) is 11.6 Å². The number of benzene rings is 2. The van der Waals surface area contributed by atoms with Crippen LogP contribution in [0, 0.1) is 10.1 Å². The van der Waals surface area contributed by atoms with Crippen molar-refractivity contribution in [3.63, 3.8) is 0 Å². The number of nitrogens with one attached hydrogen (secondary N) is 1. The van der Waals surface area contributed by atoms with Crippen LogP contribution in [0.3, 0.4) is 0 Å². The molecule has 0 fully saturated rings. The Labute approximate surface area is 170 Å². The third kappa shape index (κ3) is 5.99. The van der Waals surface area contributed by atoms with Gasteiger partial charge in [0.05, 0.1) is 11.5 Å². The van der Waals surface area contributed by atoms with Gasteiger partial charge >= 0.3 is 0 Å². The summed E-state index contributed by atoms with van der Waals surface area (Å²) in [5.41, 5.74) is 11.1. The zero-order chi connectivity index (χ0) is 21.7. The van der Waals surface area contributed by atoms with E-state index in [1.165, 1.54) is 36.4 Å². The summed E-state index contributed by atoms with van der Waals surface area (Å²) in [7, 11) is 1.63. The highest BCUT2D eigenvalue weighted by molar-refractivity contribution is 6.31. The molecule has 0 aliphatic carbocycles. The highest BCUT2D eigenvalue weighted by Gasteiger charge is 2.15. The summed E-state index contributed by atoms with van der Waals surface area (Å²) >= 11 is 6.07. The number of halogens is 1. The molecule has 0 bridgehead atoms. The van der Waals surface area contributed by atoms with Crippen molar-refractivity contribution >= 4 is 40.7 Å². The number of hydrogen-bond acceptors (Lipinski definition) is 6. The number of hydrogen-bond donors (Lipinski definition) is 3. The molecule has 11 heteroatoms. The van der Waals surface area contributed by atoms with Crippen LogP contribution in [0.1, 0.15) is 26.3 Å². The lowest BCUT2D eigenvalue weighted by Crippen LogP contribution is -2.30. The largest absolute Gasteiger partial charge is 0.366 e. The van der Waals surface area contributed by atoms with Gasteiger partial charge in [-0.15, -0.1) is 0 Å². The standard InChI is InChI=1S/C18H18ClN5O5/c1-23(8-12-7-14(24(28)29)2-3-15(12)19)9-16(25)22-13-5-10(17(20)26)4-11(6-13)18(21)27/h2-7H,8-9H2,1H3,(H2,20,26)(H2,21,27)(H,22,25). The number of nitrogens with zero attached hydrogens (tertiary/aromatic N) is 2. The van der Waals surface area contributed by atoms with Crippen LogP contribution < -0.4 is 16.8 Å². The molecule has 3 amide bonds. The van der Waals surface area contributed by atoms with Crippen molar-refractivity contribution in [3.05, 3.63) is 68.2 Å². The average Bonchev–Trinajstić information content (AvgIpc) is 2.62. The fourth-order valence-corrected chi connectivity index (χ4v) is 2.75. The zero-order valence-corrected chi connectivity index (χ0v) is 16.1. The highest BCUT2D eigenvalue weighted by Crippen LogP contribution is 2.23. The monoisotopic (exact) mass is 419 g/mol. The molecule has 2 aromatic carbocycles. The molecule has 0 atom stereocenters. The molecule has 152 valence electrons. The number of nitro benzene ring substituents is 1. The predicted octanol–water partition coefficient (Wildman–Crippen LogP) is 1.52. The lowest BCUT2D eigenvalue weighted by Gasteiger charge is -2.17. The van der Waals surface area contributed by atoms with E-state index in [1.54, 1.807) is 11.9 Å². The fourth-order valence-electron chi connectivity index (χ4n) is 2.57. The molecular formula is C18H18ClN5O5. The zero-order valence-electron chi connectivity index (χ0n) is 15.3. The molecule has 0 spiro atoms. The Morgan fingerprint density at radius 1 is 1.10 bits per heavy atom. The van der Waals surface area contributed by atoms with Crippen LogP contribution in [0.2, 0.25) is 5.02 Å². The second-order valence-corrected chi connectivity index (χ2v) is 6.69. The Morgan fingerprint density at radius 3 is 2.21 bits per heavy atom. The van der Waals surface area contributed by atoms with E-state index < -0.39 is 22.6 Å². The first-order valence-electron chi connectivity index (χ1n) is 8.22. The number of amides is 3. The van der Waals surface area contributed by atoms with Gasteiger partial charge in [-0.3, -0.25) is 29.4 Å². The van der Waals surface area contributed by atoms with Gasteiger partial charge in [-0.25, -0.2) is 0 Å². The van der Waals surface area contributed by atoms with Crippen LogP contribution in [0.5, 0.6) is 0 Å². The Kier molecular flexibility index (Phi) is 6.86. The molecule has 5 N–H and O–H groups in total. The van der Waals surface area contributed by atoms with Gasteiger partial charge < -0.3 is 16.8 Å². The van der Waals surface area contributed by atoms with E-state index >= 15 is 0 Å². The summed E-state index contributed by atoms with van der Waals surface area (Å²) in [6.45, 7) is 0.0908. The average molecular weight is 420 g/mol. The van der Waals surface area contributed by atoms with Gasteiger partial charge in [-0.05, 0) is 36.9 Å². The smallest absolute Gasteiger partial charge is 0.269 e. The fraction of sp³-hybridized carbons (Fsp3) is 0.167. The van der Waals surface area contributed by atoms with Crippen LogP contribution >= 0.6 is 11.6 Å². The first-order chi connectivity index (χ1) is 13.6. The Hall–Kier alpha value is -3.50. The van der Waals surface area contributed by atoms with Gasteiger partial charge in [0.25, 0.3) is 5.69 Å². The maximum Gasteiger partial charge on any atom is 0.269 e. The van der Waals surface area contributed by atoms with E-state index in [0.29, 0.717) is 10.6 Å². The minimum Gasteiger partial charge on any atom is -0.366 e. The lowest BCUT2D eigenvalue weighted by atomic mass is 10.1. The molecule has 0 aliphatic heterocycles. The molecule has 0 radical (unpaired) electrons. The van der Waals surface area contributed by atoms with Crippen molar-refractivity contribution < 1.29 is 19.3 Å². The molecule has 29 heavy (non-hydrogen) atoms. The maximum atomic E-state index is 12.3. The molecule has 0 unspecified atom stereocenters. The van der Waals surface area contributed by atoms with Crippen LogP contribution in [0.15, 0.2) is 36.4 Å². The number of likely N-dealkylation sites (N-methyl/N-ethyl adjacent to an activating group) is 1. The van der Waals surface area contributed by atoms with E-state index in [9.17, 15) is 24.5 Å². The summed E-state index contributed by atoms with van der Waals surface area (Å²) in [6, 6.07) is 7.93. The van der Waals surface area contributed by atoms with Crippen molar-refractivity contribution in [1.82, 2.24) is 4.90 Å². The molecule has 0 aliphatic rings. The maximum absolute atomic E-state index is 12.3. The van der Waals surface area contributed by atoms with Crippen LogP contribution in [-0.4, -0.2) is 41.1 Å². The highest BCUT2D eigenvalue weighted by atomic mass is 35.5. The first-order valence-corrected chi connectivity index (χ1v) is 8.60. The summed E-state index contributed by atoms with van der Waals surface area (Å²) in [5, 5.41) is 13.8. The summed E-state index contributed by atoms with van der Waals surface area (Å²) in [5.74, 6) is -2.01. The van der Waals surface area contributed by atoms with E-state index in [1.807, 2.05) is 0 Å². The second kappa shape index (κ2) is 9.13. The minimum absolute atomic E-state index is 0.0216. The molecule has 2 rings (SSSR count). The molecule has 0 saturated carbocycles. The third-order valence-corrected chi connectivity index (χ3v) is 4.25. The number of anilines is 1. The summed E-state index contributed by atoms with van der Waals surface area (Å²) < 4.78 is 0. The number of carbonyl (C=O) groups is 3. The van der Waals surface area contributed by atoms with Gasteiger partial charge in [0.2, 0.25) is 17.7 Å². The van der Waals surface area contributed by atoms with Gasteiger partial charge in [0.15, 0.2) is 0 Å². The predicted molar refractivity (Wildman–Crippen MR) is 107 cm³/mol. The number of carbonyl (C=O) groups excluding carboxylic acids is 3. The number of nitrogens with two attached hydrogens (primary N) is 2. The van der Waals surface area contributed by atoms with Crippen molar-refractivity contribution in [2.75, 3.05) is 18.9 Å². The van der Waals surface area contributed by atoms with Gasteiger partial charge in [-0.2, -0.15) is 0 Å². The molecule has 0 aromatic heterocycles. The number of primary amides is 2. The van der Waals surface area contributed by atoms with Crippen LogP contribution in [0.25, 0.3) is 0 Å². The quantitative estimate of drug-likeness (QED) is 0.434. The van der Waals surface area contributed by atoms with Gasteiger partial charge in [0, 0.05) is 40.5 Å². The van der Waals surface area contributed by atoms with Crippen LogP contribution in [-0.2, 0) is 11.3 Å². The first kappa shape index (κ1) is 21.8.